The third kappa shape index (κ3) is 2.83. The number of carboxylic acid groups (broad SMARTS) is 1. The molecule has 6 heteroatoms. The maximum atomic E-state index is 10.6. The lowest BCUT2D eigenvalue weighted by Gasteiger charge is -2.03. The zero-order valence-electron chi connectivity index (χ0n) is 10.0. The monoisotopic (exact) mass is 265 g/mol. The van der Waals surface area contributed by atoms with Crippen LogP contribution in [-0.4, -0.2) is 32.3 Å². The lowest BCUT2D eigenvalue weighted by Crippen LogP contribution is -2.32. The highest BCUT2D eigenvalue weighted by molar-refractivity contribution is 7.98. The normalized spacial score (nSPS) is 12.8. The number of carboxylic acids is 1. The number of fused-ring (bicyclic) bond motifs is 1. The number of aromatic nitrogens is 2. The number of aliphatic carboxylic acids is 1. The van der Waals surface area contributed by atoms with E-state index < -0.39 is 12.0 Å². The van der Waals surface area contributed by atoms with Crippen LogP contribution in [0.2, 0.25) is 0 Å². The van der Waals surface area contributed by atoms with Crippen LogP contribution in [0.3, 0.4) is 0 Å². The molecule has 0 saturated carbocycles. The van der Waals surface area contributed by atoms with Gasteiger partial charge in [-0.05, 0) is 18.6 Å². The summed E-state index contributed by atoms with van der Waals surface area (Å²) in [5, 5.41) is 8.67. The third-order valence-corrected chi connectivity index (χ3v) is 3.69. The molecule has 0 saturated heterocycles. The van der Waals surface area contributed by atoms with E-state index in [2.05, 4.69) is 4.98 Å². The first-order valence-corrected chi connectivity index (χ1v) is 6.72. The number of rotatable bonds is 5. The van der Waals surface area contributed by atoms with Crippen molar-refractivity contribution < 1.29 is 9.90 Å². The zero-order chi connectivity index (χ0) is 13.1. The molecule has 5 nitrogen and oxygen atoms in total. The molecule has 0 radical (unpaired) electrons. The predicted molar refractivity (Wildman–Crippen MR) is 71.7 cm³/mol. The molecule has 0 spiro atoms. The SMILES string of the molecule is Cc1cccn2cc(CSCC(N)C(=O)O)nc12. The Balaban J connectivity index is 2.00. The second kappa shape index (κ2) is 5.41. The Morgan fingerprint density at radius 2 is 2.44 bits per heavy atom. The largest absolute Gasteiger partial charge is 0.480 e. The second-order valence-corrected chi connectivity index (χ2v) is 5.14. The van der Waals surface area contributed by atoms with Crippen molar-refractivity contribution in [1.29, 1.82) is 0 Å². The Bertz CT molecular complexity index is 567. The molecule has 0 aliphatic heterocycles. The minimum Gasteiger partial charge on any atom is -0.480 e. The highest BCUT2D eigenvalue weighted by Crippen LogP contribution is 2.15. The minimum absolute atomic E-state index is 0.391. The van der Waals surface area contributed by atoms with Crippen LogP contribution in [0.1, 0.15) is 11.3 Å². The van der Waals surface area contributed by atoms with Crippen LogP contribution >= 0.6 is 11.8 Å². The van der Waals surface area contributed by atoms with Crippen molar-refractivity contribution in [2.24, 2.45) is 5.73 Å². The molecule has 0 aliphatic carbocycles. The summed E-state index contributed by atoms with van der Waals surface area (Å²) in [6, 6.07) is 3.18. The summed E-state index contributed by atoms with van der Waals surface area (Å²) in [6.45, 7) is 2.01. The standard InChI is InChI=1S/C12H15N3O2S/c1-8-3-2-4-15-5-9(14-11(8)15)6-18-7-10(13)12(16)17/h2-5,10H,6-7,13H2,1H3,(H,16,17). The molecule has 2 heterocycles. The summed E-state index contributed by atoms with van der Waals surface area (Å²) < 4.78 is 1.97. The van der Waals surface area contributed by atoms with Gasteiger partial charge >= 0.3 is 5.97 Å². The van der Waals surface area contributed by atoms with Crippen molar-refractivity contribution >= 4 is 23.4 Å². The lowest BCUT2D eigenvalue weighted by molar-refractivity contribution is -0.137. The van der Waals surface area contributed by atoms with Gasteiger partial charge in [0.15, 0.2) is 0 Å². The van der Waals surface area contributed by atoms with Crippen LogP contribution in [0.25, 0.3) is 5.65 Å². The van der Waals surface area contributed by atoms with Crippen molar-refractivity contribution in [3.8, 4) is 0 Å². The van der Waals surface area contributed by atoms with E-state index in [0.717, 1.165) is 16.9 Å². The van der Waals surface area contributed by atoms with Gasteiger partial charge in [-0.1, -0.05) is 6.07 Å². The Morgan fingerprint density at radius 1 is 1.67 bits per heavy atom. The van der Waals surface area contributed by atoms with Crippen LogP contribution in [-0.2, 0) is 10.5 Å². The lowest BCUT2D eigenvalue weighted by atomic mass is 10.3. The first-order chi connectivity index (χ1) is 8.58. The number of imidazole rings is 1. The molecule has 0 aliphatic rings. The van der Waals surface area contributed by atoms with Gasteiger partial charge in [-0.15, -0.1) is 0 Å². The minimum atomic E-state index is -0.964. The zero-order valence-corrected chi connectivity index (χ0v) is 10.9. The van der Waals surface area contributed by atoms with Crippen molar-refractivity contribution in [1.82, 2.24) is 9.38 Å². The molecular formula is C12H15N3O2S. The molecule has 0 amide bonds. The van der Waals surface area contributed by atoms with Crippen molar-refractivity contribution in [2.75, 3.05) is 5.75 Å². The van der Waals surface area contributed by atoms with Crippen LogP contribution in [0.4, 0.5) is 0 Å². The Labute approximate surface area is 109 Å². The van der Waals surface area contributed by atoms with Crippen LogP contribution in [0.5, 0.6) is 0 Å². The van der Waals surface area contributed by atoms with Gasteiger partial charge in [0.1, 0.15) is 11.7 Å². The first-order valence-electron chi connectivity index (χ1n) is 5.57. The fourth-order valence-electron chi connectivity index (χ4n) is 1.64. The van der Waals surface area contributed by atoms with Crippen molar-refractivity contribution in [3.05, 3.63) is 35.8 Å². The molecule has 2 aromatic heterocycles. The number of thioether (sulfide) groups is 1. The average Bonchev–Trinajstić information content (AvgIpc) is 2.73. The number of aryl methyl sites for hydroxylation is 1. The molecule has 2 aromatic rings. The molecule has 0 bridgehead atoms. The predicted octanol–water partition coefficient (Wildman–Crippen LogP) is 1.29. The molecule has 0 fully saturated rings. The van der Waals surface area contributed by atoms with Gasteiger partial charge in [0.2, 0.25) is 0 Å². The van der Waals surface area contributed by atoms with Crippen molar-refractivity contribution in [2.45, 2.75) is 18.7 Å². The fourth-order valence-corrected chi connectivity index (χ4v) is 2.50. The van der Waals surface area contributed by atoms with E-state index in [1.54, 1.807) is 0 Å². The second-order valence-electron chi connectivity index (χ2n) is 4.11. The van der Waals surface area contributed by atoms with Gasteiger partial charge in [0, 0.05) is 23.9 Å². The van der Waals surface area contributed by atoms with E-state index in [1.807, 2.05) is 35.9 Å². The van der Waals surface area contributed by atoms with Crippen molar-refractivity contribution in [3.63, 3.8) is 0 Å². The summed E-state index contributed by atoms with van der Waals surface area (Å²) in [6.07, 6.45) is 3.91. The molecule has 96 valence electrons. The van der Waals surface area contributed by atoms with E-state index in [1.165, 1.54) is 11.8 Å². The molecule has 1 atom stereocenters. The fraction of sp³-hybridized carbons (Fsp3) is 0.333. The molecule has 3 N–H and O–H groups in total. The van der Waals surface area contributed by atoms with E-state index >= 15 is 0 Å². The maximum absolute atomic E-state index is 10.6. The first kappa shape index (κ1) is 12.9. The summed E-state index contributed by atoms with van der Waals surface area (Å²) in [7, 11) is 0. The number of hydrogen-bond acceptors (Lipinski definition) is 4. The summed E-state index contributed by atoms with van der Waals surface area (Å²) in [5.41, 5.74) is 8.43. The van der Waals surface area contributed by atoms with Crippen LogP contribution < -0.4 is 5.73 Å². The van der Waals surface area contributed by atoms with E-state index in [0.29, 0.717) is 11.5 Å². The van der Waals surface area contributed by atoms with Gasteiger partial charge in [0.05, 0.1) is 5.69 Å². The maximum Gasteiger partial charge on any atom is 0.321 e. The quantitative estimate of drug-likeness (QED) is 0.851. The number of nitrogens with zero attached hydrogens (tertiary/aromatic N) is 2. The number of hydrogen-bond donors (Lipinski definition) is 2. The Morgan fingerprint density at radius 3 is 3.11 bits per heavy atom. The third-order valence-electron chi connectivity index (χ3n) is 2.59. The molecule has 0 aromatic carbocycles. The van der Waals surface area contributed by atoms with Crippen LogP contribution in [0.15, 0.2) is 24.5 Å². The smallest absolute Gasteiger partial charge is 0.321 e. The summed E-state index contributed by atoms with van der Waals surface area (Å²) in [5.74, 6) is 0.0953. The molecule has 1 unspecified atom stereocenters. The van der Waals surface area contributed by atoms with Gasteiger partial charge < -0.3 is 15.2 Å². The van der Waals surface area contributed by atoms with Gasteiger partial charge in [-0.2, -0.15) is 11.8 Å². The highest BCUT2D eigenvalue weighted by Gasteiger charge is 2.11. The Kier molecular flexibility index (Phi) is 3.88. The molecule has 18 heavy (non-hydrogen) atoms. The van der Waals surface area contributed by atoms with Crippen LogP contribution in [0, 0.1) is 6.92 Å². The number of nitrogens with two attached hydrogens (primary N) is 1. The summed E-state index contributed by atoms with van der Waals surface area (Å²) in [4.78, 5) is 15.1. The Hall–Kier alpha value is -1.53. The number of pyridine rings is 1. The van der Waals surface area contributed by atoms with E-state index in [4.69, 9.17) is 10.8 Å². The van der Waals surface area contributed by atoms with E-state index in [9.17, 15) is 4.79 Å². The van der Waals surface area contributed by atoms with E-state index in [-0.39, 0.29) is 0 Å². The summed E-state index contributed by atoms with van der Waals surface area (Å²) >= 11 is 1.48. The number of carbonyl (C=O) groups is 1. The highest BCUT2D eigenvalue weighted by atomic mass is 32.2. The van der Waals surface area contributed by atoms with Gasteiger partial charge in [-0.25, -0.2) is 4.98 Å². The van der Waals surface area contributed by atoms with Gasteiger partial charge in [0.25, 0.3) is 0 Å². The average molecular weight is 265 g/mol. The topological polar surface area (TPSA) is 80.6 Å². The van der Waals surface area contributed by atoms with Gasteiger partial charge in [-0.3, -0.25) is 4.79 Å². The molecule has 2 rings (SSSR count). The molecular weight excluding hydrogens is 250 g/mol.